The van der Waals surface area contributed by atoms with Crippen molar-refractivity contribution in [2.45, 2.75) is 26.4 Å². The first-order chi connectivity index (χ1) is 18.0. The summed E-state index contributed by atoms with van der Waals surface area (Å²) < 4.78 is 21.3. The fourth-order valence-corrected chi connectivity index (χ4v) is 4.47. The van der Waals surface area contributed by atoms with E-state index in [9.17, 15) is 4.39 Å². The quantitative estimate of drug-likeness (QED) is 0.306. The smallest absolute Gasteiger partial charge is 0.229 e. The fraction of sp³-hybridized carbons (Fsp3) is 0.308. The molecule has 5 aromatic rings. The Morgan fingerprint density at radius 1 is 1.08 bits per heavy atom. The number of hydrogen-bond acceptors (Lipinski definition) is 8. The number of fused-ring (bicyclic) bond motifs is 2. The van der Waals surface area contributed by atoms with E-state index in [2.05, 4.69) is 45.4 Å². The zero-order valence-corrected chi connectivity index (χ0v) is 20.7. The van der Waals surface area contributed by atoms with E-state index < -0.39 is 0 Å². The molecule has 190 valence electrons. The first kappa shape index (κ1) is 23.2. The molecule has 1 aliphatic rings. The summed E-state index contributed by atoms with van der Waals surface area (Å²) in [6.07, 6.45) is 1.65. The van der Waals surface area contributed by atoms with Gasteiger partial charge in [0.25, 0.3) is 0 Å². The zero-order valence-electron chi connectivity index (χ0n) is 20.7. The van der Waals surface area contributed by atoms with E-state index in [4.69, 9.17) is 19.7 Å². The van der Waals surface area contributed by atoms with Gasteiger partial charge in [-0.15, -0.1) is 0 Å². The lowest BCUT2D eigenvalue weighted by Crippen LogP contribution is -2.37. The normalized spacial score (nSPS) is 14.1. The number of ether oxygens (including phenoxy) is 1. The molecule has 1 aliphatic heterocycles. The van der Waals surface area contributed by atoms with Crippen molar-refractivity contribution in [1.29, 1.82) is 0 Å². The molecule has 3 N–H and O–H groups in total. The van der Waals surface area contributed by atoms with Gasteiger partial charge in [0.1, 0.15) is 18.0 Å². The minimum atomic E-state index is -0.322. The molecular formula is C26H28FN9O. The number of morpholine rings is 1. The minimum absolute atomic E-state index is 0.322. The highest BCUT2D eigenvalue weighted by atomic mass is 19.1. The number of H-pyrrole nitrogens is 1. The largest absolute Gasteiger partial charge is 0.383 e. The Hall–Kier alpha value is -4.25. The van der Waals surface area contributed by atoms with E-state index in [1.807, 2.05) is 18.2 Å². The molecule has 11 heteroatoms. The Labute approximate surface area is 212 Å². The second kappa shape index (κ2) is 9.66. The summed E-state index contributed by atoms with van der Waals surface area (Å²) in [7, 11) is 0. The molecule has 3 aromatic heterocycles. The molecule has 10 nitrogen and oxygen atoms in total. The van der Waals surface area contributed by atoms with Crippen molar-refractivity contribution in [2.75, 3.05) is 41.8 Å². The van der Waals surface area contributed by atoms with Crippen LogP contribution in [0.1, 0.15) is 19.7 Å². The number of aromatic amines is 1. The van der Waals surface area contributed by atoms with Gasteiger partial charge in [-0.25, -0.2) is 14.4 Å². The molecule has 0 aliphatic carbocycles. The first-order valence-corrected chi connectivity index (χ1v) is 12.4. The average Bonchev–Trinajstić information content (AvgIpc) is 3.51. The zero-order chi connectivity index (χ0) is 25.4. The van der Waals surface area contributed by atoms with Crippen LogP contribution in [0, 0.1) is 5.82 Å². The van der Waals surface area contributed by atoms with Crippen LogP contribution in [0.15, 0.2) is 48.8 Å². The van der Waals surface area contributed by atoms with Gasteiger partial charge in [0.2, 0.25) is 5.95 Å². The third-order valence-electron chi connectivity index (χ3n) is 6.17. The van der Waals surface area contributed by atoms with Crippen molar-refractivity contribution in [2.24, 2.45) is 0 Å². The summed E-state index contributed by atoms with van der Waals surface area (Å²) in [6.45, 7) is 7.24. The van der Waals surface area contributed by atoms with E-state index >= 15 is 0 Å². The lowest BCUT2D eigenvalue weighted by Gasteiger charge is -2.27. The maximum absolute atomic E-state index is 14.0. The Morgan fingerprint density at radius 3 is 2.76 bits per heavy atom. The van der Waals surface area contributed by atoms with Gasteiger partial charge >= 0.3 is 0 Å². The maximum atomic E-state index is 14.0. The predicted molar refractivity (Wildman–Crippen MR) is 142 cm³/mol. The minimum Gasteiger partial charge on any atom is -0.383 e. The molecule has 0 unspecified atom stereocenters. The highest BCUT2D eigenvalue weighted by molar-refractivity contribution is 5.86. The van der Waals surface area contributed by atoms with Crippen LogP contribution in [-0.4, -0.2) is 61.8 Å². The van der Waals surface area contributed by atoms with Crippen LogP contribution < -0.4 is 15.5 Å². The Balaban J connectivity index is 1.34. The van der Waals surface area contributed by atoms with Gasteiger partial charge in [-0.3, -0.25) is 4.57 Å². The fourth-order valence-electron chi connectivity index (χ4n) is 4.47. The standard InChI is InChI=1S/C26H28FN9O/c1-16(2)30-18-6-7-20-21(13-18)32-22(31-20)14-28-24-23-25(34-26(33-24)35-8-10-37-11-9-35)36(15-29-23)19-5-3-4-17(27)12-19/h3-7,12-13,15-16,30H,8-11,14H2,1-2H3,(H,31,32)(H,28,33,34). The van der Waals surface area contributed by atoms with Crippen LogP contribution >= 0.6 is 0 Å². The van der Waals surface area contributed by atoms with Crippen molar-refractivity contribution in [3.8, 4) is 5.69 Å². The van der Waals surface area contributed by atoms with E-state index in [-0.39, 0.29) is 5.82 Å². The van der Waals surface area contributed by atoms with Crippen LogP contribution in [0.3, 0.4) is 0 Å². The van der Waals surface area contributed by atoms with Gasteiger partial charge in [0.15, 0.2) is 17.0 Å². The number of nitrogens with one attached hydrogen (secondary N) is 3. The Bertz CT molecular complexity index is 1550. The maximum Gasteiger partial charge on any atom is 0.229 e. The molecule has 1 fully saturated rings. The van der Waals surface area contributed by atoms with Crippen LogP contribution in [0.2, 0.25) is 0 Å². The summed E-state index contributed by atoms with van der Waals surface area (Å²) in [5, 5.41) is 6.81. The van der Waals surface area contributed by atoms with Gasteiger partial charge in [0, 0.05) is 24.8 Å². The van der Waals surface area contributed by atoms with Gasteiger partial charge in [-0.2, -0.15) is 9.97 Å². The Morgan fingerprint density at radius 2 is 1.95 bits per heavy atom. The molecule has 0 atom stereocenters. The average molecular weight is 502 g/mol. The summed E-state index contributed by atoms with van der Waals surface area (Å²) >= 11 is 0. The predicted octanol–water partition coefficient (Wildman–Crippen LogP) is 4.10. The van der Waals surface area contributed by atoms with Crippen molar-refractivity contribution >= 4 is 39.7 Å². The van der Waals surface area contributed by atoms with Gasteiger partial charge in [0.05, 0.1) is 36.5 Å². The van der Waals surface area contributed by atoms with E-state index in [1.165, 1.54) is 12.1 Å². The van der Waals surface area contributed by atoms with Crippen molar-refractivity contribution in [3.63, 3.8) is 0 Å². The molecule has 4 heterocycles. The molecule has 0 saturated carbocycles. The van der Waals surface area contributed by atoms with Crippen LogP contribution in [0.4, 0.5) is 21.8 Å². The highest BCUT2D eigenvalue weighted by Crippen LogP contribution is 2.26. The van der Waals surface area contributed by atoms with Crippen molar-refractivity contribution in [3.05, 3.63) is 60.4 Å². The summed E-state index contributed by atoms with van der Waals surface area (Å²) in [5.74, 6) is 1.62. The lowest BCUT2D eigenvalue weighted by molar-refractivity contribution is 0.122. The SMILES string of the molecule is CC(C)Nc1ccc2nc(CNc3nc(N4CCOCC4)nc4c3ncn4-c3cccc(F)c3)[nH]c2c1. The third kappa shape index (κ3) is 4.77. The number of halogens is 1. The molecular weight excluding hydrogens is 473 g/mol. The monoisotopic (exact) mass is 501 g/mol. The number of benzene rings is 2. The topological polar surface area (TPSA) is 109 Å². The van der Waals surface area contributed by atoms with Crippen molar-refractivity contribution in [1.82, 2.24) is 29.5 Å². The van der Waals surface area contributed by atoms with Crippen LogP contribution in [-0.2, 0) is 11.3 Å². The number of anilines is 3. The molecule has 1 saturated heterocycles. The second-order valence-electron chi connectivity index (χ2n) is 9.31. The molecule has 0 radical (unpaired) electrons. The van der Waals surface area contributed by atoms with E-state index in [0.717, 1.165) is 22.5 Å². The Kier molecular flexibility index (Phi) is 6.05. The molecule has 0 bridgehead atoms. The van der Waals surface area contributed by atoms with Crippen LogP contribution in [0.25, 0.3) is 27.9 Å². The number of hydrogen-bond donors (Lipinski definition) is 3. The number of nitrogens with zero attached hydrogens (tertiary/aromatic N) is 6. The van der Waals surface area contributed by atoms with E-state index in [0.29, 0.717) is 67.5 Å². The highest BCUT2D eigenvalue weighted by Gasteiger charge is 2.20. The summed E-state index contributed by atoms with van der Waals surface area (Å²) in [5.41, 5.74) is 4.73. The summed E-state index contributed by atoms with van der Waals surface area (Å²) in [4.78, 5) is 24.4. The molecule has 37 heavy (non-hydrogen) atoms. The van der Waals surface area contributed by atoms with Crippen molar-refractivity contribution < 1.29 is 9.13 Å². The number of aromatic nitrogens is 6. The molecule has 0 amide bonds. The first-order valence-electron chi connectivity index (χ1n) is 12.4. The summed E-state index contributed by atoms with van der Waals surface area (Å²) in [6, 6.07) is 12.8. The number of imidazole rings is 2. The van der Waals surface area contributed by atoms with Gasteiger partial charge < -0.3 is 25.3 Å². The molecule has 0 spiro atoms. The van der Waals surface area contributed by atoms with Gasteiger partial charge in [-0.05, 0) is 50.2 Å². The molecule has 2 aromatic carbocycles. The second-order valence-corrected chi connectivity index (χ2v) is 9.31. The van der Waals surface area contributed by atoms with Gasteiger partial charge in [-0.1, -0.05) is 6.07 Å². The number of rotatable bonds is 7. The lowest BCUT2D eigenvalue weighted by atomic mass is 10.2. The van der Waals surface area contributed by atoms with Crippen LogP contribution in [0.5, 0.6) is 0 Å². The molecule has 6 rings (SSSR count). The third-order valence-corrected chi connectivity index (χ3v) is 6.17. The van der Waals surface area contributed by atoms with E-state index in [1.54, 1.807) is 17.0 Å².